The molecule has 2 heterocycles. The topological polar surface area (TPSA) is 84.0 Å². The van der Waals surface area contributed by atoms with Crippen molar-refractivity contribution in [1.82, 2.24) is 9.97 Å². The Morgan fingerprint density at radius 3 is 2.48 bits per heavy atom. The third-order valence-electron chi connectivity index (χ3n) is 5.34. The van der Waals surface area contributed by atoms with Crippen LogP contribution in [0.25, 0.3) is 10.2 Å². The zero-order valence-electron chi connectivity index (χ0n) is 17.1. The third-order valence-corrected chi connectivity index (χ3v) is 7.32. The van der Waals surface area contributed by atoms with E-state index >= 15 is 0 Å². The second-order valence-electron chi connectivity index (χ2n) is 7.72. The van der Waals surface area contributed by atoms with E-state index in [9.17, 15) is 9.59 Å². The summed E-state index contributed by atoms with van der Waals surface area (Å²) in [4.78, 5) is 35.6. The molecule has 8 heteroatoms. The number of aryl methyl sites for hydroxylation is 3. The van der Waals surface area contributed by atoms with Crippen LogP contribution in [-0.4, -0.2) is 21.8 Å². The number of hydrogen-bond donors (Lipinski definition) is 2. The van der Waals surface area contributed by atoms with Crippen molar-refractivity contribution in [3.63, 3.8) is 0 Å². The van der Waals surface area contributed by atoms with Crippen LogP contribution in [0.1, 0.15) is 44.4 Å². The van der Waals surface area contributed by atoms with Crippen LogP contribution in [-0.2, 0) is 11.2 Å². The summed E-state index contributed by atoms with van der Waals surface area (Å²) in [5.74, 6) is -0.626. The number of carbonyl (C=O) groups excluding carboxylic acids is 2. The first-order valence-corrected chi connectivity index (χ1v) is 11.7. The smallest absolute Gasteiger partial charge is 0.257 e. The van der Waals surface area contributed by atoms with Crippen LogP contribution in [0.5, 0.6) is 0 Å². The summed E-state index contributed by atoms with van der Waals surface area (Å²) in [5.41, 5.74) is 4.49. The SMILES string of the molecule is Cc1ccc(C(=O)Nc2nc3c(s2)CCC3C(=O)Nc2nc3ccc(C)cc3s2)cc1. The van der Waals surface area contributed by atoms with Crippen molar-refractivity contribution in [2.24, 2.45) is 0 Å². The fourth-order valence-corrected chi connectivity index (χ4v) is 5.69. The van der Waals surface area contributed by atoms with E-state index in [1.54, 1.807) is 12.1 Å². The molecule has 1 aliphatic carbocycles. The highest BCUT2D eigenvalue weighted by atomic mass is 32.1. The molecule has 6 nitrogen and oxygen atoms in total. The largest absolute Gasteiger partial charge is 0.301 e. The zero-order chi connectivity index (χ0) is 21.5. The first kappa shape index (κ1) is 19.8. The predicted octanol–water partition coefficient (Wildman–Crippen LogP) is 5.29. The van der Waals surface area contributed by atoms with Crippen molar-refractivity contribution in [2.75, 3.05) is 10.6 Å². The van der Waals surface area contributed by atoms with Crippen LogP contribution in [0, 0.1) is 13.8 Å². The summed E-state index contributed by atoms with van der Waals surface area (Å²) >= 11 is 2.92. The zero-order valence-corrected chi connectivity index (χ0v) is 18.7. The molecule has 4 aromatic rings. The highest BCUT2D eigenvalue weighted by molar-refractivity contribution is 7.22. The van der Waals surface area contributed by atoms with E-state index in [0.717, 1.165) is 44.8 Å². The highest BCUT2D eigenvalue weighted by Gasteiger charge is 2.33. The van der Waals surface area contributed by atoms with Gasteiger partial charge in [0.05, 0.1) is 21.8 Å². The average molecular weight is 449 g/mol. The molecule has 2 N–H and O–H groups in total. The van der Waals surface area contributed by atoms with Crippen molar-refractivity contribution in [1.29, 1.82) is 0 Å². The Morgan fingerprint density at radius 1 is 0.935 bits per heavy atom. The lowest BCUT2D eigenvalue weighted by Gasteiger charge is -2.08. The normalized spacial score (nSPS) is 15.1. The van der Waals surface area contributed by atoms with Crippen molar-refractivity contribution >= 4 is 55.0 Å². The van der Waals surface area contributed by atoms with Gasteiger partial charge in [0.2, 0.25) is 5.91 Å². The van der Waals surface area contributed by atoms with Gasteiger partial charge in [-0.2, -0.15) is 0 Å². The number of anilines is 2. The minimum atomic E-state index is -0.329. The summed E-state index contributed by atoms with van der Waals surface area (Å²) in [6, 6.07) is 13.4. The van der Waals surface area contributed by atoms with E-state index in [2.05, 4.69) is 26.7 Å². The Bertz CT molecular complexity index is 1310. The molecule has 1 aliphatic rings. The van der Waals surface area contributed by atoms with Crippen LogP contribution >= 0.6 is 22.7 Å². The first-order valence-electron chi connectivity index (χ1n) is 10.0. The van der Waals surface area contributed by atoms with Crippen LogP contribution in [0.4, 0.5) is 10.3 Å². The molecule has 156 valence electrons. The van der Waals surface area contributed by atoms with E-state index in [1.165, 1.54) is 22.7 Å². The maximum Gasteiger partial charge on any atom is 0.257 e. The van der Waals surface area contributed by atoms with Gasteiger partial charge >= 0.3 is 0 Å². The Balaban J connectivity index is 1.30. The number of thiazole rings is 2. The van der Waals surface area contributed by atoms with Crippen molar-refractivity contribution in [3.8, 4) is 0 Å². The molecule has 1 atom stereocenters. The van der Waals surface area contributed by atoms with Crippen LogP contribution < -0.4 is 10.6 Å². The van der Waals surface area contributed by atoms with E-state index in [-0.39, 0.29) is 17.7 Å². The molecule has 0 bridgehead atoms. The summed E-state index contributed by atoms with van der Waals surface area (Å²) < 4.78 is 1.05. The van der Waals surface area contributed by atoms with Gasteiger partial charge in [-0.3, -0.25) is 14.9 Å². The number of hydrogen-bond acceptors (Lipinski definition) is 6. The number of aromatic nitrogens is 2. The predicted molar refractivity (Wildman–Crippen MR) is 125 cm³/mol. The maximum absolute atomic E-state index is 12.9. The number of amides is 2. The number of nitrogens with zero attached hydrogens (tertiary/aromatic N) is 2. The van der Waals surface area contributed by atoms with Gasteiger partial charge in [0, 0.05) is 10.4 Å². The molecular formula is C23H20N4O2S2. The number of nitrogens with one attached hydrogen (secondary N) is 2. The van der Waals surface area contributed by atoms with Crippen molar-refractivity contribution < 1.29 is 9.59 Å². The molecule has 0 aliphatic heterocycles. The molecule has 0 spiro atoms. The molecule has 0 saturated heterocycles. The van der Waals surface area contributed by atoms with Gasteiger partial charge in [-0.15, -0.1) is 11.3 Å². The molecule has 31 heavy (non-hydrogen) atoms. The van der Waals surface area contributed by atoms with E-state index in [0.29, 0.717) is 15.8 Å². The van der Waals surface area contributed by atoms with Crippen molar-refractivity contribution in [2.45, 2.75) is 32.6 Å². The molecule has 0 saturated carbocycles. The number of carbonyl (C=O) groups is 2. The Labute approximate surface area is 187 Å². The van der Waals surface area contributed by atoms with Gasteiger partial charge in [-0.1, -0.05) is 35.1 Å². The third kappa shape index (κ3) is 3.96. The van der Waals surface area contributed by atoms with Gasteiger partial charge < -0.3 is 5.32 Å². The summed E-state index contributed by atoms with van der Waals surface area (Å²) in [5, 5.41) is 6.96. The minimum absolute atomic E-state index is 0.101. The summed E-state index contributed by atoms with van der Waals surface area (Å²) in [7, 11) is 0. The van der Waals surface area contributed by atoms with Gasteiger partial charge in [0.15, 0.2) is 10.3 Å². The molecule has 5 rings (SSSR count). The van der Waals surface area contributed by atoms with E-state index < -0.39 is 0 Å². The quantitative estimate of drug-likeness (QED) is 0.444. The van der Waals surface area contributed by atoms with Crippen LogP contribution in [0.15, 0.2) is 42.5 Å². The maximum atomic E-state index is 12.9. The van der Waals surface area contributed by atoms with Gasteiger partial charge in [0.1, 0.15) is 0 Å². The Morgan fingerprint density at radius 2 is 1.68 bits per heavy atom. The van der Waals surface area contributed by atoms with Crippen molar-refractivity contribution in [3.05, 3.63) is 69.7 Å². The average Bonchev–Trinajstić information content (AvgIpc) is 3.41. The second-order valence-corrected chi connectivity index (χ2v) is 9.83. The second kappa shape index (κ2) is 7.86. The number of benzene rings is 2. The Kier molecular flexibility index (Phi) is 5.03. The number of rotatable bonds is 4. The number of fused-ring (bicyclic) bond motifs is 2. The van der Waals surface area contributed by atoms with Gasteiger partial charge in [0.25, 0.3) is 5.91 Å². The standard InChI is InChI=1S/C23H20N4O2S2/c1-12-3-6-14(7-4-12)20(28)26-23-25-19-15(8-10-17(19)30-23)21(29)27-22-24-16-9-5-13(2)11-18(16)31-22/h3-7,9,11,15H,8,10H2,1-2H3,(H,24,27,29)(H,25,26,28). The fourth-order valence-electron chi connectivity index (χ4n) is 3.69. The highest BCUT2D eigenvalue weighted by Crippen LogP contribution is 2.39. The molecule has 2 amide bonds. The minimum Gasteiger partial charge on any atom is -0.301 e. The molecule has 2 aromatic carbocycles. The fraction of sp³-hybridized carbons (Fsp3) is 0.217. The lowest BCUT2D eigenvalue weighted by Crippen LogP contribution is -2.20. The monoisotopic (exact) mass is 448 g/mol. The molecule has 1 unspecified atom stereocenters. The molecule has 0 fully saturated rings. The molecular weight excluding hydrogens is 428 g/mol. The molecule has 0 radical (unpaired) electrons. The first-order chi connectivity index (χ1) is 15.0. The lowest BCUT2D eigenvalue weighted by molar-refractivity contribution is -0.117. The van der Waals surface area contributed by atoms with Crippen LogP contribution in [0.3, 0.4) is 0 Å². The molecule has 2 aromatic heterocycles. The van der Waals surface area contributed by atoms with E-state index in [4.69, 9.17) is 0 Å². The Hall–Kier alpha value is -3.10. The van der Waals surface area contributed by atoms with Gasteiger partial charge in [-0.05, 0) is 56.5 Å². The summed E-state index contributed by atoms with van der Waals surface area (Å²) in [6.45, 7) is 4.02. The van der Waals surface area contributed by atoms with E-state index in [1.807, 2.05) is 38.1 Å². The lowest BCUT2D eigenvalue weighted by atomic mass is 10.1. The summed E-state index contributed by atoms with van der Waals surface area (Å²) in [6.07, 6.45) is 1.50. The van der Waals surface area contributed by atoms with Gasteiger partial charge in [-0.25, -0.2) is 9.97 Å². The van der Waals surface area contributed by atoms with Crippen LogP contribution in [0.2, 0.25) is 0 Å².